The van der Waals surface area contributed by atoms with Gasteiger partial charge in [0.2, 0.25) is 0 Å². The van der Waals surface area contributed by atoms with E-state index in [1.807, 2.05) is 19.9 Å². The Morgan fingerprint density at radius 1 is 1.54 bits per heavy atom. The molecule has 5 nitrogen and oxygen atoms in total. The summed E-state index contributed by atoms with van der Waals surface area (Å²) in [5.74, 6) is 5.39. The first-order valence-electron chi connectivity index (χ1n) is 4.06. The smallest absolute Gasteiger partial charge is 0.152 e. The molecular weight excluding hydrogens is 166 g/mol. The van der Waals surface area contributed by atoms with Gasteiger partial charge in [0.05, 0.1) is 11.4 Å². The largest absolute Gasteiger partial charge is 0.382 e. The molecule has 0 unspecified atom stereocenters. The zero-order valence-electron chi connectivity index (χ0n) is 7.78. The number of amidine groups is 1. The molecule has 1 aromatic heterocycles. The predicted octanol–water partition coefficient (Wildman–Crippen LogP) is -0.0736. The van der Waals surface area contributed by atoms with Crippen molar-refractivity contribution in [2.24, 2.45) is 16.7 Å². The van der Waals surface area contributed by atoms with Gasteiger partial charge in [-0.2, -0.15) is 15.3 Å². The van der Waals surface area contributed by atoms with E-state index in [1.165, 1.54) is 0 Å². The number of aromatic nitrogens is 2. The zero-order valence-corrected chi connectivity index (χ0v) is 7.78. The van der Waals surface area contributed by atoms with E-state index in [9.17, 15) is 0 Å². The number of hydrazone groups is 1. The number of aryl methyl sites for hydroxylation is 2. The first-order valence-corrected chi connectivity index (χ1v) is 4.06. The Balaban J connectivity index is 3.23. The SMILES string of the molecule is CCc1nnc(C)cc1C(N)=NN. The molecule has 1 aromatic rings. The molecule has 1 rings (SSSR count). The van der Waals surface area contributed by atoms with Crippen LogP contribution >= 0.6 is 0 Å². The third-order valence-corrected chi connectivity index (χ3v) is 1.74. The lowest BCUT2D eigenvalue weighted by Gasteiger charge is -2.04. The highest BCUT2D eigenvalue weighted by Gasteiger charge is 2.07. The van der Waals surface area contributed by atoms with Crippen LogP contribution in [0.25, 0.3) is 0 Å². The number of rotatable bonds is 2. The maximum Gasteiger partial charge on any atom is 0.152 e. The molecule has 0 aliphatic carbocycles. The summed E-state index contributed by atoms with van der Waals surface area (Å²) in [5, 5.41) is 11.4. The fraction of sp³-hybridized carbons (Fsp3) is 0.375. The maximum absolute atomic E-state index is 5.60. The van der Waals surface area contributed by atoms with Crippen LogP contribution in [-0.4, -0.2) is 16.0 Å². The topological polar surface area (TPSA) is 90.2 Å². The summed E-state index contributed by atoms with van der Waals surface area (Å²) in [7, 11) is 0. The molecule has 0 aliphatic rings. The second-order valence-electron chi connectivity index (χ2n) is 2.71. The molecule has 0 spiro atoms. The van der Waals surface area contributed by atoms with Gasteiger partial charge in [-0.25, -0.2) is 0 Å². The van der Waals surface area contributed by atoms with Crippen LogP contribution in [0.15, 0.2) is 11.2 Å². The van der Waals surface area contributed by atoms with E-state index in [1.54, 1.807) is 0 Å². The third-order valence-electron chi connectivity index (χ3n) is 1.74. The van der Waals surface area contributed by atoms with E-state index in [2.05, 4.69) is 15.3 Å². The van der Waals surface area contributed by atoms with Gasteiger partial charge in [0, 0.05) is 5.56 Å². The van der Waals surface area contributed by atoms with Gasteiger partial charge < -0.3 is 11.6 Å². The van der Waals surface area contributed by atoms with Gasteiger partial charge in [-0.15, -0.1) is 0 Å². The lowest BCUT2D eigenvalue weighted by Crippen LogP contribution is -2.19. The summed E-state index contributed by atoms with van der Waals surface area (Å²) in [6, 6.07) is 1.83. The summed E-state index contributed by atoms with van der Waals surface area (Å²) >= 11 is 0. The summed E-state index contributed by atoms with van der Waals surface area (Å²) in [4.78, 5) is 0. The fourth-order valence-corrected chi connectivity index (χ4v) is 1.07. The van der Waals surface area contributed by atoms with Crippen LogP contribution in [0.4, 0.5) is 0 Å². The zero-order chi connectivity index (χ0) is 9.84. The molecule has 0 amide bonds. The summed E-state index contributed by atoms with van der Waals surface area (Å²) in [6.07, 6.45) is 0.763. The van der Waals surface area contributed by atoms with Crippen molar-refractivity contribution in [1.82, 2.24) is 10.2 Å². The average Bonchev–Trinajstić information content (AvgIpc) is 2.16. The minimum Gasteiger partial charge on any atom is -0.382 e. The summed E-state index contributed by atoms with van der Waals surface area (Å²) in [5.41, 5.74) is 7.99. The molecular formula is C8H13N5. The predicted molar refractivity (Wildman–Crippen MR) is 51.1 cm³/mol. The molecule has 70 valence electrons. The summed E-state index contributed by atoms with van der Waals surface area (Å²) in [6.45, 7) is 3.83. The first-order chi connectivity index (χ1) is 6.19. The van der Waals surface area contributed by atoms with Gasteiger partial charge >= 0.3 is 0 Å². The molecule has 0 aliphatic heterocycles. The van der Waals surface area contributed by atoms with Crippen molar-refractivity contribution in [2.45, 2.75) is 20.3 Å². The van der Waals surface area contributed by atoms with Gasteiger partial charge in [-0.05, 0) is 19.4 Å². The fourth-order valence-electron chi connectivity index (χ4n) is 1.07. The molecule has 5 heteroatoms. The Hall–Kier alpha value is -1.65. The van der Waals surface area contributed by atoms with E-state index >= 15 is 0 Å². The van der Waals surface area contributed by atoms with Gasteiger partial charge in [0.1, 0.15) is 0 Å². The highest BCUT2D eigenvalue weighted by atomic mass is 15.2. The van der Waals surface area contributed by atoms with Gasteiger partial charge in [-0.1, -0.05) is 6.92 Å². The van der Waals surface area contributed by atoms with Crippen LogP contribution in [0, 0.1) is 6.92 Å². The number of hydrogen-bond acceptors (Lipinski definition) is 4. The van der Waals surface area contributed by atoms with Crippen LogP contribution in [0.3, 0.4) is 0 Å². The van der Waals surface area contributed by atoms with Crippen molar-refractivity contribution < 1.29 is 0 Å². The molecule has 1 heterocycles. The van der Waals surface area contributed by atoms with Crippen LogP contribution in [-0.2, 0) is 6.42 Å². The Labute approximate surface area is 76.8 Å². The number of nitrogens with zero attached hydrogens (tertiary/aromatic N) is 3. The molecule has 0 saturated carbocycles. The van der Waals surface area contributed by atoms with Gasteiger partial charge in [-0.3, -0.25) is 0 Å². The minimum atomic E-state index is 0.301. The van der Waals surface area contributed by atoms with Crippen molar-refractivity contribution in [3.63, 3.8) is 0 Å². The Kier molecular flexibility index (Phi) is 2.79. The van der Waals surface area contributed by atoms with Gasteiger partial charge in [0.15, 0.2) is 5.84 Å². The number of hydrogen-bond donors (Lipinski definition) is 2. The maximum atomic E-state index is 5.60. The molecule has 13 heavy (non-hydrogen) atoms. The first kappa shape index (κ1) is 9.44. The minimum absolute atomic E-state index is 0.301. The van der Waals surface area contributed by atoms with Crippen LogP contribution in [0.2, 0.25) is 0 Å². The molecule has 4 N–H and O–H groups in total. The van der Waals surface area contributed by atoms with Crippen LogP contribution in [0.1, 0.15) is 23.9 Å². The second kappa shape index (κ2) is 3.84. The molecule has 0 radical (unpaired) electrons. The van der Waals surface area contributed by atoms with Crippen LogP contribution < -0.4 is 11.6 Å². The monoisotopic (exact) mass is 179 g/mol. The van der Waals surface area contributed by atoms with Gasteiger partial charge in [0.25, 0.3) is 0 Å². The van der Waals surface area contributed by atoms with Crippen molar-refractivity contribution in [3.8, 4) is 0 Å². The molecule has 0 aromatic carbocycles. The van der Waals surface area contributed by atoms with Crippen LogP contribution in [0.5, 0.6) is 0 Å². The molecule has 0 bridgehead atoms. The standard InChI is InChI=1S/C8H13N5/c1-3-7-6(8(9)11-10)4-5(2)12-13-7/h4H,3,10H2,1-2H3,(H2,9,11). The Bertz CT molecular complexity index is 331. The van der Waals surface area contributed by atoms with E-state index < -0.39 is 0 Å². The highest BCUT2D eigenvalue weighted by Crippen LogP contribution is 2.06. The van der Waals surface area contributed by atoms with Crippen molar-refractivity contribution in [2.75, 3.05) is 0 Å². The van der Waals surface area contributed by atoms with E-state index in [4.69, 9.17) is 11.6 Å². The van der Waals surface area contributed by atoms with E-state index in [-0.39, 0.29) is 0 Å². The quantitative estimate of drug-likeness (QED) is 0.288. The number of nitrogens with two attached hydrogens (primary N) is 2. The molecule has 0 atom stereocenters. The second-order valence-corrected chi connectivity index (χ2v) is 2.71. The normalized spacial score (nSPS) is 11.7. The lowest BCUT2D eigenvalue weighted by atomic mass is 10.1. The Morgan fingerprint density at radius 2 is 2.23 bits per heavy atom. The Morgan fingerprint density at radius 3 is 2.77 bits per heavy atom. The molecule has 0 fully saturated rings. The highest BCUT2D eigenvalue weighted by molar-refractivity contribution is 5.98. The van der Waals surface area contributed by atoms with Crippen molar-refractivity contribution in [1.29, 1.82) is 0 Å². The van der Waals surface area contributed by atoms with E-state index in [0.717, 1.165) is 23.4 Å². The third kappa shape index (κ3) is 1.93. The summed E-state index contributed by atoms with van der Waals surface area (Å²) < 4.78 is 0. The average molecular weight is 179 g/mol. The molecule has 0 saturated heterocycles. The lowest BCUT2D eigenvalue weighted by molar-refractivity contribution is 0.887. The van der Waals surface area contributed by atoms with Crippen molar-refractivity contribution >= 4 is 5.84 Å². The van der Waals surface area contributed by atoms with Crippen molar-refractivity contribution in [3.05, 3.63) is 23.0 Å². The van der Waals surface area contributed by atoms with E-state index in [0.29, 0.717) is 5.84 Å².